The molecule has 0 spiro atoms. The zero-order chi connectivity index (χ0) is 17.7. The summed E-state index contributed by atoms with van der Waals surface area (Å²) in [6.07, 6.45) is 1.79. The normalized spacial score (nSPS) is 11.0. The first-order valence-electron chi connectivity index (χ1n) is 8.07. The van der Waals surface area contributed by atoms with E-state index in [1.54, 1.807) is 18.2 Å². The van der Waals surface area contributed by atoms with Gasteiger partial charge < -0.3 is 9.47 Å². The minimum Gasteiger partial charge on any atom is -0.493 e. The quantitative estimate of drug-likeness (QED) is 0.695. The van der Waals surface area contributed by atoms with Crippen LogP contribution in [0.15, 0.2) is 49.0 Å². The highest BCUT2D eigenvalue weighted by atomic mass is 16.6. The summed E-state index contributed by atoms with van der Waals surface area (Å²) in [5, 5.41) is 0. The van der Waals surface area contributed by atoms with Crippen LogP contribution in [0.2, 0.25) is 0 Å². The topological polar surface area (TPSA) is 35.5 Å². The Morgan fingerprint density at radius 2 is 1.79 bits per heavy atom. The van der Waals surface area contributed by atoms with Gasteiger partial charge in [0.2, 0.25) is 0 Å². The number of rotatable bonds is 5. The summed E-state index contributed by atoms with van der Waals surface area (Å²) in [6.45, 7) is 12.0. The molecule has 2 aromatic rings. The molecular formula is C21H24O3. The summed E-state index contributed by atoms with van der Waals surface area (Å²) < 4.78 is 11.1. The molecule has 2 rings (SSSR count). The third kappa shape index (κ3) is 4.25. The van der Waals surface area contributed by atoms with Gasteiger partial charge in [-0.2, -0.15) is 0 Å². The predicted molar refractivity (Wildman–Crippen MR) is 98.3 cm³/mol. The molecule has 3 heteroatoms. The molecule has 0 aliphatic rings. The van der Waals surface area contributed by atoms with E-state index in [1.807, 2.05) is 58.0 Å². The van der Waals surface area contributed by atoms with Crippen LogP contribution in [-0.4, -0.2) is 18.2 Å². The van der Waals surface area contributed by atoms with Gasteiger partial charge in [0, 0.05) is 5.56 Å². The van der Waals surface area contributed by atoms with E-state index in [2.05, 4.69) is 6.58 Å². The lowest BCUT2D eigenvalue weighted by Gasteiger charge is -2.19. The van der Waals surface area contributed by atoms with Crippen molar-refractivity contribution in [3.63, 3.8) is 0 Å². The van der Waals surface area contributed by atoms with Crippen LogP contribution in [-0.2, 0) is 4.74 Å². The lowest BCUT2D eigenvalue weighted by atomic mass is 9.98. The summed E-state index contributed by atoms with van der Waals surface area (Å²) in [7, 11) is 0. The molecule has 0 radical (unpaired) electrons. The lowest BCUT2D eigenvalue weighted by Crippen LogP contribution is -2.23. The molecule has 24 heavy (non-hydrogen) atoms. The molecule has 0 aliphatic carbocycles. The molecule has 0 aromatic heterocycles. The summed E-state index contributed by atoms with van der Waals surface area (Å²) in [5.74, 6) is 0.488. The van der Waals surface area contributed by atoms with Crippen molar-refractivity contribution in [1.82, 2.24) is 0 Å². The Bertz CT molecular complexity index is 722. The summed E-state index contributed by atoms with van der Waals surface area (Å²) in [4.78, 5) is 12.1. The fourth-order valence-electron chi connectivity index (χ4n) is 2.41. The third-order valence-corrected chi connectivity index (χ3v) is 3.40. The first-order valence-corrected chi connectivity index (χ1v) is 8.07. The molecule has 2 aromatic carbocycles. The van der Waals surface area contributed by atoms with Gasteiger partial charge in [-0.25, -0.2) is 4.79 Å². The first-order chi connectivity index (χ1) is 11.4. The van der Waals surface area contributed by atoms with Gasteiger partial charge in [-0.15, -0.1) is 0 Å². The van der Waals surface area contributed by atoms with Crippen molar-refractivity contribution in [1.29, 1.82) is 0 Å². The van der Waals surface area contributed by atoms with Gasteiger partial charge in [-0.1, -0.05) is 36.9 Å². The van der Waals surface area contributed by atoms with Crippen molar-refractivity contribution < 1.29 is 14.3 Å². The number of carbonyl (C=O) groups is 1. The molecule has 0 fully saturated rings. The Morgan fingerprint density at radius 1 is 1.12 bits per heavy atom. The van der Waals surface area contributed by atoms with Gasteiger partial charge in [-0.3, -0.25) is 0 Å². The molecule has 0 atom stereocenters. The molecule has 0 amide bonds. The largest absolute Gasteiger partial charge is 0.493 e. The van der Waals surface area contributed by atoms with E-state index in [0.717, 1.165) is 22.4 Å². The molecule has 0 heterocycles. The average molecular weight is 324 g/mol. The number of esters is 1. The molecule has 0 aliphatic heterocycles. The molecule has 0 saturated heterocycles. The minimum atomic E-state index is -0.502. The summed E-state index contributed by atoms with van der Waals surface area (Å²) in [5.41, 5.74) is 3.00. The van der Waals surface area contributed by atoms with E-state index in [0.29, 0.717) is 12.2 Å². The fraction of sp³-hybridized carbons (Fsp3) is 0.286. The van der Waals surface area contributed by atoms with Crippen molar-refractivity contribution in [2.45, 2.75) is 33.3 Å². The summed E-state index contributed by atoms with van der Waals surface area (Å²) in [6, 6.07) is 13.3. The van der Waals surface area contributed by atoms with Crippen LogP contribution in [0.5, 0.6) is 5.75 Å². The molecule has 0 N–H and O–H groups in total. The minimum absolute atomic E-state index is 0.318. The smallest absolute Gasteiger partial charge is 0.338 e. The monoisotopic (exact) mass is 324 g/mol. The van der Waals surface area contributed by atoms with Crippen LogP contribution in [0.25, 0.3) is 17.2 Å². The van der Waals surface area contributed by atoms with Crippen LogP contribution in [0, 0.1) is 0 Å². The molecule has 126 valence electrons. The second kappa shape index (κ2) is 7.35. The second-order valence-electron chi connectivity index (χ2n) is 6.43. The van der Waals surface area contributed by atoms with E-state index in [1.165, 1.54) is 0 Å². The van der Waals surface area contributed by atoms with Crippen molar-refractivity contribution in [2.24, 2.45) is 0 Å². The van der Waals surface area contributed by atoms with E-state index < -0.39 is 5.60 Å². The predicted octanol–water partition coefficient (Wildman–Crippen LogP) is 5.35. The van der Waals surface area contributed by atoms with Gasteiger partial charge in [0.25, 0.3) is 0 Å². The van der Waals surface area contributed by atoms with E-state index in [9.17, 15) is 4.79 Å². The van der Waals surface area contributed by atoms with Crippen LogP contribution >= 0.6 is 0 Å². The lowest BCUT2D eigenvalue weighted by molar-refractivity contribution is 0.00696. The zero-order valence-electron chi connectivity index (χ0n) is 14.8. The number of hydrogen-bond donors (Lipinski definition) is 0. The van der Waals surface area contributed by atoms with Crippen LogP contribution < -0.4 is 4.74 Å². The highest BCUT2D eigenvalue weighted by Gasteiger charge is 2.18. The maximum atomic E-state index is 12.1. The van der Waals surface area contributed by atoms with Gasteiger partial charge in [-0.05, 0) is 57.0 Å². The molecule has 0 saturated carbocycles. The first kappa shape index (κ1) is 17.8. The van der Waals surface area contributed by atoms with Gasteiger partial charge in [0.1, 0.15) is 11.4 Å². The summed E-state index contributed by atoms with van der Waals surface area (Å²) >= 11 is 0. The fourth-order valence-corrected chi connectivity index (χ4v) is 2.41. The van der Waals surface area contributed by atoms with Crippen molar-refractivity contribution in [2.75, 3.05) is 6.61 Å². The maximum Gasteiger partial charge on any atom is 0.338 e. The maximum absolute atomic E-state index is 12.1. The van der Waals surface area contributed by atoms with Gasteiger partial charge in [0.05, 0.1) is 12.2 Å². The Kier molecular flexibility index (Phi) is 5.45. The Labute approximate surface area is 143 Å². The van der Waals surface area contributed by atoms with E-state index in [-0.39, 0.29) is 5.97 Å². The molecule has 3 nitrogen and oxygen atoms in total. The Morgan fingerprint density at radius 3 is 2.33 bits per heavy atom. The second-order valence-corrected chi connectivity index (χ2v) is 6.43. The number of carbonyl (C=O) groups excluding carboxylic acids is 1. The zero-order valence-corrected chi connectivity index (χ0v) is 14.8. The number of benzene rings is 2. The Balaban J connectivity index is 2.33. The Hall–Kier alpha value is -2.55. The van der Waals surface area contributed by atoms with Gasteiger partial charge in [0.15, 0.2) is 0 Å². The molecular weight excluding hydrogens is 300 g/mol. The van der Waals surface area contributed by atoms with Crippen molar-refractivity contribution >= 4 is 12.0 Å². The van der Waals surface area contributed by atoms with Crippen LogP contribution in [0.3, 0.4) is 0 Å². The highest BCUT2D eigenvalue weighted by molar-refractivity contribution is 5.90. The van der Waals surface area contributed by atoms with Crippen molar-refractivity contribution in [3.05, 3.63) is 60.2 Å². The van der Waals surface area contributed by atoms with E-state index in [4.69, 9.17) is 9.47 Å². The van der Waals surface area contributed by atoms with Gasteiger partial charge >= 0.3 is 5.97 Å². The van der Waals surface area contributed by atoms with Crippen molar-refractivity contribution in [3.8, 4) is 16.9 Å². The van der Waals surface area contributed by atoms with E-state index >= 15 is 0 Å². The highest BCUT2D eigenvalue weighted by Crippen LogP contribution is 2.32. The van der Waals surface area contributed by atoms with Crippen LogP contribution in [0.4, 0.5) is 0 Å². The molecule has 0 unspecified atom stereocenters. The number of ether oxygens (including phenoxy) is 2. The average Bonchev–Trinajstić information content (AvgIpc) is 2.53. The standard InChI is InChI=1S/C21H24O3/c1-6-17-18(9-8-10-19(17)23-7-2)15-11-13-16(14-12-15)20(22)24-21(3,4)5/h6,8-14H,1,7H2,2-5H3. The molecule has 0 bridgehead atoms. The van der Waals surface area contributed by atoms with Crippen LogP contribution in [0.1, 0.15) is 43.6 Å². The SMILES string of the molecule is C=Cc1c(OCC)cccc1-c1ccc(C(=O)OC(C)(C)C)cc1. The third-order valence-electron chi connectivity index (χ3n) is 3.40. The number of hydrogen-bond acceptors (Lipinski definition) is 3.